The van der Waals surface area contributed by atoms with Crippen molar-refractivity contribution in [3.63, 3.8) is 0 Å². The lowest BCUT2D eigenvalue weighted by Gasteiger charge is -2.33. The first-order valence-corrected chi connectivity index (χ1v) is 9.65. The van der Waals surface area contributed by atoms with E-state index in [9.17, 15) is 44.7 Å². The monoisotopic (exact) mass is 474 g/mol. The lowest BCUT2D eigenvalue weighted by atomic mass is 10.0. The van der Waals surface area contributed by atoms with Crippen LogP contribution in [0.25, 0.3) is 0 Å². The zero-order valence-electron chi connectivity index (χ0n) is 16.5. The van der Waals surface area contributed by atoms with Crippen LogP contribution in [-0.4, -0.2) is 57.1 Å². The van der Waals surface area contributed by atoms with Crippen molar-refractivity contribution in [2.75, 3.05) is 19.6 Å². The maximum Gasteiger partial charge on any atom is 0.451 e. The van der Waals surface area contributed by atoms with Crippen molar-refractivity contribution < 1.29 is 44.7 Å². The van der Waals surface area contributed by atoms with Crippen molar-refractivity contribution in [2.24, 2.45) is 0 Å². The molecule has 178 valence electrons. The van der Waals surface area contributed by atoms with Crippen LogP contribution in [0.5, 0.6) is 0 Å². The molecular weight excluding hydrogens is 456 g/mol. The van der Waals surface area contributed by atoms with E-state index in [1.807, 2.05) is 0 Å². The molecule has 6 nitrogen and oxygen atoms in total. The number of fused-ring (bicyclic) bond motifs is 1. The SMILES string of the molecule is O=C(CCCN1CC(F)(F)CCC1=O)N1CCc2c(nc(C(F)(F)F)nc2C(F)(F)F)C1. The number of nitrogens with zero attached hydrogens (tertiary/aromatic N) is 4. The molecule has 32 heavy (non-hydrogen) atoms. The molecule has 14 heteroatoms. The number of alkyl halides is 8. The van der Waals surface area contributed by atoms with E-state index >= 15 is 0 Å². The zero-order valence-corrected chi connectivity index (χ0v) is 16.5. The van der Waals surface area contributed by atoms with Crippen molar-refractivity contribution in [1.82, 2.24) is 19.8 Å². The third kappa shape index (κ3) is 5.44. The molecule has 0 saturated carbocycles. The molecule has 3 heterocycles. The number of carbonyl (C=O) groups excluding carboxylic acids is 2. The minimum atomic E-state index is -5.20. The van der Waals surface area contributed by atoms with Crippen molar-refractivity contribution in [2.45, 2.75) is 56.9 Å². The second-order valence-electron chi connectivity index (χ2n) is 7.66. The van der Waals surface area contributed by atoms with E-state index < -0.39 is 72.4 Å². The molecule has 0 spiro atoms. The standard InChI is InChI=1S/C18H18F8N4O2/c19-16(20)5-3-13(32)30(9-16)6-1-2-12(31)29-7-4-10-11(8-29)27-15(18(24,25)26)28-14(10)17(21,22)23/h1-9H2. The number of hydrogen-bond acceptors (Lipinski definition) is 4. The molecule has 3 rings (SSSR count). The fourth-order valence-electron chi connectivity index (χ4n) is 3.68. The van der Waals surface area contributed by atoms with E-state index in [0.29, 0.717) is 0 Å². The van der Waals surface area contributed by atoms with E-state index in [2.05, 4.69) is 9.97 Å². The van der Waals surface area contributed by atoms with Gasteiger partial charge in [0, 0.05) is 37.9 Å². The molecule has 0 aliphatic carbocycles. The Hall–Kier alpha value is -2.54. The molecule has 0 radical (unpaired) electrons. The highest BCUT2D eigenvalue weighted by Crippen LogP contribution is 2.37. The fourth-order valence-corrected chi connectivity index (χ4v) is 3.68. The summed E-state index contributed by atoms with van der Waals surface area (Å²) < 4.78 is 105. The summed E-state index contributed by atoms with van der Waals surface area (Å²) in [7, 11) is 0. The summed E-state index contributed by atoms with van der Waals surface area (Å²) >= 11 is 0. The predicted molar refractivity (Wildman–Crippen MR) is 91.2 cm³/mol. The molecule has 2 aliphatic rings. The molecule has 1 aromatic rings. The van der Waals surface area contributed by atoms with Crippen LogP contribution in [0.3, 0.4) is 0 Å². The molecule has 0 aromatic carbocycles. The largest absolute Gasteiger partial charge is 0.451 e. The van der Waals surface area contributed by atoms with Crippen molar-refractivity contribution in [3.05, 3.63) is 22.8 Å². The summed E-state index contributed by atoms with van der Waals surface area (Å²) in [6, 6.07) is 0. The summed E-state index contributed by atoms with van der Waals surface area (Å²) in [5, 5.41) is 0. The van der Waals surface area contributed by atoms with Gasteiger partial charge < -0.3 is 9.80 Å². The van der Waals surface area contributed by atoms with E-state index in [0.717, 1.165) is 9.80 Å². The minimum absolute atomic E-state index is 0.0232. The van der Waals surface area contributed by atoms with Gasteiger partial charge in [-0.25, -0.2) is 18.7 Å². The van der Waals surface area contributed by atoms with E-state index in [-0.39, 0.29) is 38.8 Å². The van der Waals surface area contributed by atoms with Gasteiger partial charge in [-0.3, -0.25) is 9.59 Å². The van der Waals surface area contributed by atoms with Crippen LogP contribution in [0.2, 0.25) is 0 Å². The van der Waals surface area contributed by atoms with Gasteiger partial charge in [0.15, 0.2) is 5.69 Å². The highest BCUT2D eigenvalue weighted by atomic mass is 19.4. The molecule has 0 bridgehead atoms. The average Bonchev–Trinajstić information content (AvgIpc) is 2.67. The summed E-state index contributed by atoms with van der Waals surface area (Å²) in [5.41, 5.74) is -2.70. The Bertz CT molecular complexity index is 900. The third-order valence-corrected chi connectivity index (χ3v) is 5.24. The summed E-state index contributed by atoms with van der Waals surface area (Å²) in [6.07, 6.45) is -11.8. The molecule has 0 unspecified atom stereocenters. The minimum Gasteiger partial charge on any atom is -0.337 e. The third-order valence-electron chi connectivity index (χ3n) is 5.24. The topological polar surface area (TPSA) is 66.4 Å². The Morgan fingerprint density at radius 3 is 2.34 bits per heavy atom. The second kappa shape index (κ2) is 8.43. The number of rotatable bonds is 4. The normalized spacial score (nSPS) is 19.2. The molecule has 0 N–H and O–H groups in total. The number of amides is 2. The van der Waals surface area contributed by atoms with Gasteiger partial charge in [-0.2, -0.15) is 26.3 Å². The number of likely N-dealkylation sites (tertiary alicyclic amines) is 1. The molecule has 1 fully saturated rings. The van der Waals surface area contributed by atoms with Crippen LogP contribution < -0.4 is 0 Å². The Labute approximate surface area is 176 Å². The first-order valence-electron chi connectivity index (χ1n) is 9.65. The number of aromatic nitrogens is 2. The van der Waals surface area contributed by atoms with Gasteiger partial charge in [-0.1, -0.05) is 0 Å². The van der Waals surface area contributed by atoms with E-state index in [1.54, 1.807) is 0 Å². The Morgan fingerprint density at radius 2 is 1.72 bits per heavy atom. The molecule has 0 atom stereocenters. The van der Waals surface area contributed by atoms with Gasteiger partial charge in [0.25, 0.3) is 5.92 Å². The molecule has 2 aliphatic heterocycles. The average molecular weight is 474 g/mol. The summed E-state index contributed by atoms with van der Waals surface area (Å²) in [5.74, 6) is -6.01. The fraction of sp³-hybridized carbons (Fsp3) is 0.667. The molecule has 2 amide bonds. The number of hydrogen-bond donors (Lipinski definition) is 0. The van der Waals surface area contributed by atoms with Crippen molar-refractivity contribution in [1.29, 1.82) is 0 Å². The Morgan fingerprint density at radius 1 is 1.03 bits per heavy atom. The first-order chi connectivity index (χ1) is 14.7. The van der Waals surface area contributed by atoms with E-state index in [4.69, 9.17) is 0 Å². The smallest absolute Gasteiger partial charge is 0.337 e. The van der Waals surface area contributed by atoms with Crippen LogP contribution >= 0.6 is 0 Å². The van der Waals surface area contributed by atoms with Crippen LogP contribution in [0, 0.1) is 0 Å². The van der Waals surface area contributed by atoms with Gasteiger partial charge in [0.1, 0.15) is 0 Å². The predicted octanol–water partition coefficient (Wildman–Crippen LogP) is 3.44. The van der Waals surface area contributed by atoms with Gasteiger partial charge in [0.2, 0.25) is 17.6 Å². The number of halogens is 8. The van der Waals surface area contributed by atoms with Gasteiger partial charge in [-0.15, -0.1) is 0 Å². The van der Waals surface area contributed by atoms with Crippen LogP contribution in [-0.2, 0) is 34.9 Å². The summed E-state index contributed by atoms with van der Waals surface area (Å²) in [4.78, 5) is 32.0. The molecule has 1 aromatic heterocycles. The van der Waals surface area contributed by atoms with Gasteiger partial charge in [-0.05, 0) is 12.8 Å². The highest BCUT2D eigenvalue weighted by Gasteiger charge is 2.44. The Balaban J connectivity index is 1.67. The zero-order chi connectivity index (χ0) is 23.9. The first kappa shape index (κ1) is 24.1. The Kier molecular flexibility index (Phi) is 6.35. The van der Waals surface area contributed by atoms with E-state index in [1.165, 1.54) is 0 Å². The van der Waals surface area contributed by atoms with Crippen LogP contribution in [0.1, 0.15) is 48.5 Å². The van der Waals surface area contributed by atoms with Crippen LogP contribution in [0.15, 0.2) is 0 Å². The quantitative estimate of drug-likeness (QED) is 0.628. The highest BCUT2D eigenvalue weighted by molar-refractivity contribution is 5.78. The second-order valence-corrected chi connectivity index (χ2v) is 7.66. The van der Waals surface area contributed by atoms with Gasteiger partial charge in [0.05, 0.1) is 18.8 Å². The number of carbonyl (C=O) groups is 2. The number of piperidine rings is 1. The van der Waals surface area contributed by atoms with Crippen molar-refractivity contribution in [3.8, 4) is 0 Å². The maximum atomic E-state index is 13.4. The van der Waals surface area contributed by atoms with Crippen molar-refractivity contribution >= 4 is 11.8 Å². The lowest BCUT2D eigenvalue weighted by Crippen LogP contribution is -2.46. The lowest BCUT2D eigenvalue weighted by molar-refractivity contribution is -0.153. The van der Waals surface area contributed by atoms with Crippen LogP contribution in [0.4, 0.5) is 35.1 Å². The summed E-state index contributed by atoms with van der Waals surface area (Å²) in [6.45, 7) is -1.62. The molecular formula is C18H18F8N4O2. The maximum absolute atomic E-state index is 13.4. The van der Waals surface area contributed by atoms with Gasteiger partial charge >= 0.3 is 12.4 Å². The molecule has 1 saturated heterocycles.